The number of halogens is 1. The number of carbonyl (C=O) groups excluding carboxylic acids is 1. The molecule has 1 heterocycles. The van der Waals surface area contributed by atoms with Gasteiger partial charge >= 0.3 is 0 Å². The van der Waals surface area contributed by atoms with Gasteiger partial charge in [-0.1, -0.05) is 12.1 Å². The van der Waals surface area contributed by atoms with Crippen molar-refractivity contribution in [1.29, 1.82) is 0 Å². The summed E-state index contributed by atoms with van der Waals surface area (Å²) in [4.78, 5) is 26.3. The molecule has 190 valence electrons. The van der Waals surface area contributed by atoms with Crippen LogP contribution in [0.15, 0.2) is 60.7 Å². The number of nitrogens with one attached hydrogen (secondary N) is 4. The van der Waals surface area contributed by atoms with E-state index in [1.165, 1.54) is 24.3 Å². The zero-order valence-electron chi connectivity index (χ0n) is 21.5. The standard InChI is InChI=1S/C28H30FN7O/c1-16-10-17(2)13-23(12-16)32-27-34-26(30-20(5)25(37)31-22-8-6-21(29)7-9-22)35-28(36-27)33-24-14-18(3)11-19(4)15-24/h6-15,20H,1-5H3,(H,31,37)(H3,30,32,33,34,35,36)/t20-/m0/s1. The first-order valence-electron chi connectivity index (χ1n) is 11.9. The van der Waals surface area contributed by atoms with Crippen molar-refractivity contribution >= 4 is 40.8 Å². The topological polar surface area (TPSA) is 104 Å². The van der Waals surface area contributed by atoms with E-state index in [1.54, 1.807) is 6.92 Å². The molecule has 0 spiro atoms. The third kappa shape index (κ3) is 7.23. The van der Waals surface area contributed by atoms with Crippen LogP contribution in [-0.4, -0.2) is 26.9 Å². The number of rotatable bonds is 8. The Balaban J connectivity index is 1.59. The van der Waals surface area contributed by atoms with Gasteiger partial charge in [-0.15, -0.1) is 0 Å². The number of hydrogen-bond donors (Lipinski definition) is 4. The number of benzene rings is 3. The zero-order valence-corrected chi connectivity index (χ0v) is 21.5. The van der Waals surface area contributed by atoms with Gasteiger partial charge in [-0.25, -0.2) is 4.39 Å². The Morgan fingerprint density at radius 3 is 1.57 bits per heavy atom. The van der Waals surface area contributed by atoms with Crippen LogP contribution in [0.25, 0.3) is 0 Å². The minimum Gasteiger partial charge on any atom is -0.342 e. The lowest BCUT2D eigenvalue weighted by Crippen LogP contribution is -2.32. The van der Waals surface area contributed by atoms with Gasteiger partial charge in [-0.05, 0) is 105 Å². The molecule has 0 saturated heterocycles. The van der Waals surface area contributed by atoms with E-state index < -0.39 is 6.04 Å². The minimum absolute atomic E-state index is 0.218. The van der Waals surface area contributed by atoms with Crippen LogP contribution in [0.1, 0.15) is 29.2 Å². The first kappa shape index (κ1) is 25.6. The minimum atomic E-state index is -0.685. The summed E-state index contributed by atoms with van der Waals surface area (Å²) in [7, 11) is 0. The number of amides is 1. The molecule has 37 heavy (non-hydrogen) atoms. The molecule has 1 amide bonds. The Labute approximate surface area is 215 Å². The fourth-order valence-electron chi connectivity index (χ4n) is 3.95. The van der Waals surface area contributed by atoms with Crippen LogP contribution >= 0.6 is 0 Å². The number of aryl methyl sites for hydroxylation is 4. The van der Waals surface area contributed by atoms with Gasteiger partial charge in [-0.2, -0.15) is 15.0 Å². The van der Waals surface area contributed by atoms with E-state index in [9.17, 15) is 9.18 Å². The van der Waals surface area contributed by atoms with Crippen molar-refractivity contribution < 1.29 is 9.18 Å². The number of nitrogens with zero attached hydrogens (tertiary/aromatic N) is 3. The summed E-state index contributed by atoms with van der Waals surface area (Å²) in [6.07, 6.45) is 0. The highest BCUT2D eigenvalue weighted by Gasteiger charge is 2.16. The van der Waals surface area contributed by atoms with E-state index in [-0.39, 0.29) is 17.7 Å². The van der Waals surface area contributed by atoms with Crippen LogP contribution < -0.4 is 21.3 Å². The van der Waals surface area contributed by atoms with E-state index in [2.05, 4.69) is 48.4 Å². The maximum Gasteiger partial charge on any atom is 0.246 e. The van der Waals surface area contributed by atoms with Crippen LogP contribution in [0.2, 0.25) is 0 Å². The number of carbonyl (C=O) groups is 1. The summed E-state index contributed by atoms with van der Waals surface area (Å²) in [5, 5.41) is 12.3. The molecule has 4 N–H and O–H groups in total. The largest absolute Gasteiger partial charge is 0.342 e. The molecule has 0 bridgehead atoms. The molecule has 4 aromatic rings. The molecule has 3 aromatic carbocycles. The van der Waals surface area contributed by atoms with Gasteiger partial charge in [0.15, 0.2) is 0 Å². The van der Waals surface area contributed by atoms with Crippen LogP contribution in [-0.2, 0) is 4.79 Å². The molecule has 0 aliphatic carbocycles. The Hall–Kier alpha value is -4.53. The summed E-state index contributed by atoms with van der Waals surface area (Å²) < 4.78 is 13.2. The van der Waals surface area contributed by atoms with E-state index in [1.807, 2.05) is 52.0 Å². The Morgan fingerprint density at radius 1 is 0.676 bits per heavy atom. The van der Waals surface area contributed by atoms with E-state index >= 15 is 0 Å². The fourth-order valence-corrected chi connectivity index (χ4v) is 3.95. The molecule has 0 aliphatic rings. The van der Waals surface area contributed by atoms with Crippen molar-refractivity contribution in [2.45, 2.75) is 40.7 Å². The van der Waals surface area contributed by atoms with E-state index in [4.69, 9.17) is 0 Å². The normalized spacial score (nSPS) is 11.5. The lowest BCUT2D eigenvalue weighted by molar-refractivity contribution is -0.116. The third-order valence-corrected chi connectivity index (χ3v) is 5.44. The number of aromatic nitrogens is 3. The highest BCUT2D eigenvalue weighted by Crippen LogP contribution is 2.22. The second-order valence-electron chi connectivity index (χ2n) is 9.17. The van der Waals surface area contributed by atoms with Crippen LogP contribution in [0.5, 0.6) is 0 Å². The number of anilines is 6. The Kier molecular flexibility index (Phi) is 7.62. The quantitative estimate of drug-likeness (QED) is 0.230. The SMILES string of the molecule is Cc1cc(C)cc(Nc2nc(Nc3cc(C)cc(C)c3)nc(N[C@@H](C)C(=O)Nc3ccc(F)cc3)n2)c1. The van der Waals surface area contributed by atoms with Crippen molar-refractivity contribution in [3.63, 3.8) is 0 Å². The maximum atomic E-state index is 13.2. The molecular weight excluding hydrogens is 469 g/mol. The Bertz CT molecular complexity index is 1310. The lowest BCUT2D eigenvalue weighted by Gasteiger charge is -2.16. The summed E-state index contributed by atoms with van der Waals surface area (Å²) >= 11 is 0. The van der Waals surface area contributed by atoms with E-state index in [0.717, 1.165) is 33.6 Å². The van der Waals surface area contributed by atoms with Crippen LogP contribution in [0.3, 0.4) is 0 Å². The fraction of sp³-hybridized carbons (Fsp3) is 0.214. The van der Waals surface area contributed by atoms with Gasteiger partial charge in [0.2, 0.25) is 23.8 Å². The van der Waals surface area contributed by atoms with Crippen molar-refractivity contribution in [3.8, 4) is 0 Å². The van der Waals surface area contributed by atoms with Gasteiger partial charge in [0.25, 0.3) is 0 Å². The van der Waals surface area contributed by atoms with Crippen LogP contribution in [0, 0.1) is 33.5 Å². The summed E-state index contributed by atoms with van der Waals surface area (Å²) in [5.41, 5.74) is 6.60. The summed E-state index contributed by atoms with van der Waals surface area (Å²) in [6, 6.07) is 17.1. The second-order valence-corrected chi connectivity index (χ2v) is 9.17. The van der Waals surface area contributed by atoms with Gasteiger partial charge in [0.05, 0.1) is 0 Å². The second kappa shape index (κ2) is 11.0. The van der Waals surface area contributed by atoms with Gasteiger partial charge in [0.1, 0.15) is 11.9 Å². The monoisotopic (exact) mass is 499 g/mol. The predicted octanol–water partition coefficient (Wildman–Crippen LogP) is 6.17. The molecule has 1 aromatic heterocycles. The lowest BCUT2D eigenvalue weighted by atomic mass is 10.1. The molecule has 0 radical (unpaired) electrons. The van der Waals surface area contributed by atoms with Crippen molar-refractivity contribution in [2.75, 3.05) is 21.3 Å². The van der Waals surface area contributed by atoms with Crippen molar-refractivity contribution in [3.05, 3.63) is 88.7 Å². The maximum absolute atomic E-state index is 13.2. The predicted molar refractivity (Wildman–Crippen MR) is 146 cm³/mol. The zero-order chi connectivity index (χ0) is 26.5. The van der Waals surface area contributed by atoms with Gasteiger partial charge in [-0.3, -0.25) is 4.79 Å². The highest BCUT2D eigenvalue weighted by atomic mass is 19.1. The molecule has 1 atom stereocenters. The average molecular weight is 500 g/mol. The third-order valence-electron chi connectivity index (χ3n) is 5.44. The average Bonchev–Trinajstić information content (AvgIpc) is 2.79. The van der Waals surface area contributed by atoms with E-state index in [0.29, 0.717) is 17.6 Å². The molecule has 0 fully saturated rings. The van der Waals surface area contributed by atoms with Crippen molar-refractivity contribution in [1.82, 2.24) is 15.0 Å². The molecule has 0 unspecified atom stereocenters. The summed E-state index contributed by atoms with van der Waals surface area (Å²) in [5.74, 6) is 0.165. The smallest absolute Gasteiger partial charge is 0.246 e. The Morgan fingerprint density at radius 2 is 1.11 bits per heavy atom. The molecule has 4 rings (SSSR count). The van der Waals surface area contributed by atoms with Gasteiger partial charge in [0, 0.05) is 17.1 Å². The van der Waals surface area contributed by atoms with Crippen molar-refractivity contribution in [2.24, 2.45) is 0 Å². The highest BCUT2D eigenvalue weighted by molar-refractivity contribution is 5.96. The summed E-state index contributed by atoms with van der Waals surface area (Å²) in [6.45, 7) is 9.77. The molecular formula is C28H30FN7O. The first-order valence-corrected chi connectivity index (χ1v) is 11.9. The number of hydrogen-bond acceptors (Lipinski definition) is 7. The van der Waals surface area contributed by atoms with Crippen LogP contribution in [0.4, 0.5) is 39.3 Å². The molecule has 9 heteroatoms. The molecule has 8 nitrogen and oxygen atoms in total. The van der Waals surface area contributed by atoms with Gasteiger partial charge < -0.3 is 21.3 Å². The molecule has 0 aliphatic heterocycles. The molecule has 0 saturated carbocycles. The first-order chi connectivity index (χ1) is 17.6.